The molecule has 0 saturated carbocycles. The third kappa shape index (κ3) is 7.54. The molecule has 3 atom stereocenters. The molecule has 2 saturated heterocycles. The molecular formula is C31H31FN4O5S. The highest BCUT2D eigenvalue weighted by atomic mass is 32.2. The molecule has 2 N–H and O–H groups in total. The second-order valence-corrected chi connectivity index (χ2v) is 11.1. The van der Waals surface area contributed by atoms with Crippen molar-refractivity contribution in [3.8, 4) is 0 Å². The van der Waals surface area contributed by atoms with Crippen molar-refractivity contribution in [3.63, 3.8) is 0 Å². The van der Waals surface area contributed by atoms with Crippen LogP contribution in [0.2, 0.25) is 0 Å². The van der Waals surface area contributed by atoms with Gasteiger partial charge >= 0.3 is 6.09 Å². The van der Waals surface area contributed by atoms with Crippen LogP contribution in [0.4, 0.5) is 20.6 Å². The van der Waals surface area contributed by atoms with Gasteiger partial charge in [0, 0.05) is 12.3 Å². The van der Waals surface area contributed by atoms with E-state index in [1.54, 1.807) is 48.2 Å². The van der Waals surface area contributed by atoms with Crippen molar-refractivity contribution < 1.29 is 28.2 Å². The van der Waals surface area contributed by atoms with Crippen LogP contribution in [0.1, 0.15) is 36.1 Å². The average Bonchev–Trinajstić information content (AvgIpc) is 3.61. The van der Waals surface area contributed by atoms with Gasteiger partial charge in [-0.15, -0.1) is 0 Å². The molecule has 3 aromatic carbocycles. The first-order valence-electron chi connectivity index (χ1n) is 13.7. The number of ether oxygens (including phenoxy) is 2. The van der Waals surface area contributed by atoms with Crippen molar-refractivity contribution in [2.24, 2.45) is 4.99 Å². The van der Waals surface area contributed by atoms with E-state index in [9.17, 15) is 18.8 Å². The number of hydrogen-bond donors (Lipinski definition) is 2. The Bertz CT molecular complexity index is 1450. The number of hydrogen-bond acceptors (Lipinski definition) is 7. The van der Waals surface area contributed by atoms with Crippen molar-refractivity contribution in [2.45, 2.75) is 43.8 Å². The minimum Gasteiger partial charge on any atom is -0.445 e. The van der Waals surface area contributed by atoms with Crippen molar-refractivity contribution in [3.05, 3.63) is 95.8 Å². The van der Waals surface area contributed by atoms with E-state index in [4.69, 9.17) is 9.47 Å². The lowest BCUT2D eigenvalue weighted by molar-refractivity contribution is -0.127. The fourth-order valence-corrected chi connectivity index (χ4v) is 5.75. The van der Waals surface area contributed by atoms with E-state index in [1.807, 2.05) is 30.3 Å². The molecule has 0 spiro atoms. The molecule has 9 nitrogen and oxygen atoms in total. The summed E-state index contributed by atoms with van der Waals surface area (Å²) in [6.45, 7) is 2.70. The summed E-state index contributed by atoms with van der Waals surface area (Å²) in [5.41, 5.74) is 2.51. The molecule has 0 bridgehead atoms. The minimum absolute atomic E-state index is 0.0742. The summed E-state index contributed by atoms with van der Waals surface area (Å²) in [4.78, 5) is 44.5. The second kappa shape index (κ2) is 13.6. The number of carbonyl (C=O) groups excluding carboxylic acids is 3. The lowest BCUT2D eigenvalue weighted by atomic mass is 10.1. The second-order valence-electron chi connectivity index (χ2n) is 10.00. The molecule has 5 rings (SSSR count). The average molecular weight is 591 g/mol. The largest absolute Gasteiger partial charge is 0.445 e. The summed E-state index contributed by atoms with van der Waals surface area (Å²) in [5.74, 6) is -0.952. The Kier molecular flexibility index (Phi) is 9.50. The van der Waals surface area contributed by atoms with Crippen LogP contribution < -0.4 is 10.6 Å². The molecule has 0 radical (unpaired) electrons. The lowest BCUT2D eigenvalue weighted by Crippen LogP contribution is -2.41. The first-order valence-corrected chi connectivity index (χ1v) is 14.6. The SMILES string of the molecule is C[C@@H](NC(=O)OCc1ccccc1)C(=O)Nc1ccc(C2SC(=Nc3cccc(F)c3)N(CC3CCCO3)C2=O)cc1. The molecule has 42 heavy (non-hydrogen) atoms. The normalized spacial score (nSPS) is 20.0. The number of aliphatic imine (C=N–C) groups is 1. The van der Waals surface area contributed by atoms with E-state index >= 15 is 0 Å². The van der Waals surface area contributed by atoms with Gasteiger partial charge in [0.25, 0.3) is 0 Å². The monoisotopic (exact) mass is 590 g/mol. The number of thioether (sulfide) groups is 1. The van der Waals surface area contributed by atoms with Gasteiger partial charge < -0.3 is 20.1 Å². The summed E-state index contributed by atoms with van der Waals surface area (Å²) in [7, 11) is 0. The highest BCUT2D eigenvalue weighted by Crippen LogP contribution is 2.41. The number of benzene rings is 3. The van der Waals surface area contributed by atoms with E-state index < -0.39 is 29.1 Å². The van der Waals surface area contributed by atoms with Gasteiger partial charge in [-0.05, 0) is 61.2 Å². The number of anilines is 1. The van der Waals surface area contributed by atoms with E-state index in [1.165, 1.54) is 23.9 Å². The maximum Gasteiger partial charge on any atom is 0.408 e. The highest BCUT2D eigenvalue weighted by molar-refractivity contribution is 8.15. The van der Waals surface area contributed by atoms with Gasteiger partial charge in [0.05, 0.1) is 18.3 Å². The van der Waals surface area contributed by atoms with Crippen LogP contribution in [0, 0.1) is 5.82 Å². The van der Waals surface area contributed by atoms with Crippen molar-refractivity contribution in [1.29, 1.82) is 0 Å². The van der Waals surface area contributed by atoms with Gasteiger partial charge in [0.2, 0.25) is 11.8 Å². The number of halogens is 1. The quantitative estimate of drug-likeness (QED) is 0.338. The van der Waals surface area contributed by atoms with Gasteiger partial charge in [-0.25, -0.2) is 14.2 Å². The van der Waals surface area contributed by atoms with E-state index in [-0.39, 0.29) is 18.6 Å². The van der Waals surface area contributed by atoms with Crippen LogP contribution in [0.25, 0.3) is 0 Å². The maximum absolute atomic E-state index is 13.8. The Morgan fingerprint density at radius 2 is 1.90 bits per heavy atom. The van der Waals surface area contributed by atoms with E-state index in [0.717, 1.165) is 24.0 Å². The first-order chi connectivity index (χ1) is 20.4. The molecule has 11 heteroatoms. The molecule has 2 aliphatic rings. The van der Waals surface area contributed by atoms with Gasteiger partial charge in [-0.3, -0.25) is 14.5 Å². The van der Waals surface area contributed by atoms with E-state index in [2.05, 4.69) is 15.6 Å². The Morgan fingerprint density at radius 3 is 2.62 bits per heavy atom. The Balaban J connectivity index is 1.21. The zero-order valence-corrected chi connectivity index (χ0v) is 23.8. The Morgan fingerprint density at radius 1 is 1.12 bits per heavy atom. The minimum atomic E-state index is -0.840. The summed E-state index contributed by atoms with van der Waals surface area (Å²) in [6.07, 6.45) is 1.03. The fraction of sp³-hybridized carbons (Fsp3) is 0.290. The lowest BCUT2D eigenvalue weighted by Gasteiger charge is -2.20. The zero-order valence-electron chi connectivity index (χ0n) is 23.0. The summed E-state index contributed by atoms with van der Waals surface area (Å²) < 4.78 is 24.7. The fourth-order valence-electron chi connectivity index (χ4n) is 4.57. The molecule has 218 valence electrons. The summed E-state index contributed by atoms with van der Waals surface area (Å²) >= 11 is 1.30. The predicted octanol–water partition coefficient (Wildman–Crippen LogP) is 5.56. The number of carbonyl (C=O) groups is 3. The van der Waals surface area contributed by atoms with Gasteiger partial charge in [0.1, 0.15) is 23.7 Å². The highest BCUT2D eigenvalue weighted by Gasteiger charge is 2.40. The molecule has 0 aromatic heterocycles. The number of nitrogens with zero attached hydrogens (tertiary/aromatic N) is 2. The third-order valence-electron chi connectivity index (χ3n) is 6.81. The molecule has 2 heterocycles. The topological polar surface area (TPSA) is 109 Å². The standard InChI is InChI=1S/C31H31FN4O5S/c1-20(33-31(39)41-19-21-7-3-2-4-8-21)28(37)34-24-14-12-22(13-15-24)27-29(38)36(18-26-11-6-16-40-26)30(42-27)35-25-10-5-9-23(32)17-25/h2-5,7-10,12-15,17,20,26-27H,6,11,16,18-19H2,1H3,(H,33,39)(H,34,37)/t20-,26?,27?/m1/s1. The van der Waals surface area contributed by atoms with Crippen molar-refractivity contribution in [1.82, 2.24) is 10.2 Å². The number of nitrogens with one attached hydrogen (secondary N) is 2. The van der Waals surface area contributed by atoms with Crippen molar-refractivity contribution >= 4 is 46.2 Å². The van der Waals surface area contributed by atoms with Crippen LogP contribution in [0.3, 0.4) is 0 Å². The number of amides is 3. The van der Waals surface area contributed by atoms with Crippen LogP contribution in [0.15, 0.2) is 83.9 Å². The van der Waals surface area contributed by atoms with Crippen LogP contribution in [-0.2, 0) is 25.7 Å². The Labute approximate surface area is 247 Å². The molecule has 2 fully saturated rings. The van der Waals surface area contributed by atoms with Crippen LogP contribution in [-0.4, -0.2) is 53.3 Å². The molecule has 2 aliphatic heterocycles. The Hall–Kier alpha value is -4.22. The van der Waals surface area contributed by atoms with Gasteiger partial charge in [-0.2, -0.15) is 0 Å². The summed E-state index contributed by atoms with van der Waals surface area (Å²) in [6, 6.07) is 21.3. The molecule has 2 unspecified atom stereocenters. The number of alkyl carbamates (subject to hydrolysis) is 1. The summed E-state index contributed by atoms with van der Waals surface area (Å²) in [5, 5.41) is 5.22. The molecular weight excluding hydrogens is 559 g/mol. The smallest absolute Gasteiger partial charge is 0.408 e. The van der Waals surface area contributed by atoms with Gasteiger partial charge in [-0.1, -0.05) is 60.3 Å². The van der Waals surface area contributed by atoms with Crippen LogP contribution in [0.5, 0.6) is 0 Å². The molecule has 3 amide bonds. The number of amidine groups is 1. The van der Waals surface area contributed by atoms with Gasteiger partial charge in [0.15, 0.2) is 5.17 Å². The predicted molar refractivity (Wildman–Crippen MR) is 159 cm³/mol. The zero-order chi connectivity index (χ0) is 29.5. The maximum atomic E-state index is 13.8. The first kappa shape index (κ1) is 29.3. The molecule has 3 aromatic rings. The van der Waals surface area contributed by atoms with Crippen LogP contribution >= 0.6 is 11.8 Å². The molecule has 0 aliphatic carbocycles. The van der Waals surface area contributed by atoms with E-state index in [0.29, 0.717) is 29.7 Å². The third-order valence-corrected chi connectivity index (χ3v) is 8.04. The number of rotatable bonds is 9. The van der Waals surface area contributed by atoms with Crippen molar-refractivity contribution in [2.75, 3.05) is 18.5 Å².